The lowest BCUT2D eigenvalue weighted by Gasteiger charge is -2.30. The van der Waals surface area contributed by atoms with Crippen LogP contribution in [0.4, 0.5) is 0 Å². The number of likely N-dealkylation sites (tertiary alicyclic amines) is 1. The van der Waals surface area contributed by atoms with Crippen molar-refractivity contribution in [1.82, 2.24) is 9.88 Å². The van der Waals surface area contributed by atoms with E-state index >= 15 is 0 Å². The standard InChI is InChI=1S/C12H14N2O3/c15-11(10-2-1-5-13-8-10)14-6-3-9(4-7-14)12(16)17/h1-2,5,8-9H,3-4,6-7H2,(H,16,17). The molecule has 1 aromatic rings. The number of nitrogens with zero attached hydrogens (tertiary/aromatic N) is 2. The number of rotatable bonds is 2. The molecule has 0 aliphatic carbocycles. The molecule has 1 aromatic heterocycles. The third kappa shape index (κ3) is 2.61. The van der Waals surface area contributed by atoms with Crippen LogP contribution in [0.2, 0.25) is 0 Å². The van der Waals surface area contributed by atoms with Crippen molar-refractivity contribution in [2.45, 2.75) is 12.8 Å². The highest BCUT2D eigenvalue weighted by Gasteiger charge is 2.27. The second-order valence-corrected chi connectivity index (χ2v) is 4.15. The van der Waals surface area contributed by atoms with Gasteiger partial charge in [-0.05, 0) is 25.0 Å². The normalized spacial score (nSPS) is 16.8. The zero-order chi connectivity index (χ0) is 12.3. The Hall–Kier alpha value is -1.91. The number of aliphatic carboxylic acids is 1. The Morgan fingerprint density at radius 3 is 2.59 bits per heavy atom. The smallest absolute Gasteiger partial charge is 0.306 e. The fraction of sp³-hybridized carbons (Fsp3) is 0.417. The first kappa shape index (κ1) is 11.6. The van der Waals surface area contributed by atoms with Gasteiger partial charge in [-0.1, -0.05) is 0 Å². The van der Waals surface area contributed by atoms with Crippen LogP contribution >= 0.6 is 0 Å². The molecule has 1 aliphatic rings. The van der Waals surface area contributed by atoms with Crippen molar-refractivity contribution in [3.63, 3.8) is 0 Å². The topological polar surface area (TPSA) is 70.5 Å². The minimum absolute atomic E-state index is 0.0676. The number of amides is 1. The lowest BCUT2D eigenvalue weighted by Crippen LogP contribution is -2.40. The summed E-state index contributed by atoms with van der Waals surface area (Å²) >= 11 is 0. The van der Waals surface area contributed by atoms with E-state index in [1.807, 2.05) is 0 Å². The summed E-state index contributed by atoms with van der Waals surface area (Å²) in [6.45, 7) is 1.01. The summed E-state index contributed by atoms with van der Waals surface area (Å²) in [7, 11) is 0. The number of hydrogen-bond donors (Lipinski definition) is 1. The fourth-order valence-electron chi connectivity index (χ4n) is 2.00. The maximum atomic E-state index is 12.0. The van der Waals surface area contributed by atoms with E-state index in [0.29, 0.717) is 31.5 Å². The van der Waals surface area contributed by atoms with Gasteiger partial charge in [0.2, 0.25) is 0 Å². The van der Waals surface area contributed by atoms with Crippen LogP contribution in [0.15, 0.2) is 24.5 Å². The number of carbonyl (C=O) groups is 2. The average molecular weight is 234 g/mol. The maximum absolute atomic E-state index is 12.0. The SMILES string of the molecule is O=C(O)C1CCN(C(=O)c2cccnc2)CC1. The van der Waals surface area contributed by atoms with Gasteiger partial charge in [0.15, 0.2) is 0 Å². The van der Waals surface area contributed by atoms with E-state index in [1.54, 1.807) is 23.2 Å². The predicted octanol–water partition coefficient (Wildman–Crippen LogP) is 1.02. The molecule has 0 aromatic carbocycles. The lowest BCUT2D eigenvalue weighted by molar-refractivity contribution is -0.143. The number of hydrogen-bond acceptors (Lipinski definition) is 3. The number of carboxylic acids is 1. The van der Waals surface area contributed by atoms with E-state index in [4.69, 9.17) is 5.11 Å². The van der Waals surface area contributed by atoms with E-state index in [0.717, 1.165) is 0 Å². The fourth-order valence-corrected chi connectivity index (χ4v) is 2.00. The van der Waals surface area contributed by atoms with E-state index in [2.05, 4.69) is 4.98 Å². The van der Waals surface area contributed by atoms with Gasteiger partial charge in [-0.2, -0.15) is 0 Å². The predicted molar refractivity (Wildman–Crippen MR) is 60.5 cm³/mol. The summed E-state index contributed by atoms with van der Waals surface area (Å²) in [5, 5.41) is 8.87. The molecule has 5 nitrogen and oxygen atoms in total. The van der Waals surface area contributed by atoms with Crippen LogP contribution in [0.3, 0.4) is 0 Å². The summed E-state index contributed by atoms with van der Waals surface area (Å²) in [6.07, 6.45) is 4.21. The molecule has 1 aliphatic heterocycles. The molecule has 0 spiro atoms. The van der Waals surface area contributed by atoms with Crippen molar-refractivity contribution in [3.8, 4) is 0 Å². The van der Waals surface area contributed by atoms with Gasteiger partial charge in [0.05, 0.1) is 11.5 Å². The summed E-state index contributed by atoms with van der Waals surface area (Å²) in [4.78, 5) is 28.4. The second-order valence-electron chi connectivity index (χ2n) is 4.15. The Labute approximate surface area is 99.1 Å². The molecule has 1 amide bonds. The molecular weight excluding hydrogens is 220 g/mol. The van der Waals surface area contributed by atoms with E-state index in [9.17, 15) is 9.59 Å². The third-order valence-corrected chi connectivity index (χ3v) is 3.04. The molecule has 90 valence electrons. The minimum atomic E-state index is -0.765. The molecule has 0 saturated carbocycles. The monoisotopic (exact) mass is 234 g/mol. The first-order chi connectivity index (χ1) is 8.18. The van der Waals surface area contributed by atoms with Crippen molar-refractivity contribution in [2.75, 3.05) is 13.1 Å². The second kappa shape index (κ2) is 4.95. The molecule has 0 unspecified atom stereocenters. The molecule has 2 heterocycles. The molecule has 0 radical (unpaired) electrons. The highest BCUT2D eigenvalue weighted by Crippen LogP contribution is 2.18. The maximum Gasteiger partial charge on any atom is 0.306 e. The summed E-state index contributed by atoms with van der Waals surface area (Å²) < 4.78 is 0. The Morgan fingerprint density at radius 1 is 1.35 bits per heavy atom. The Bertz CT molecular complexity index is 411. The van der Waals surface area contributed by atoms with Crippen LogP contribution in [-0.4, -0.2) is 40.0 Å². The summed E-state index contributed by atoms with van der Waals surface area (Å²) in [5.74, 6) is -1.15. The van der Waals surface area contributed by atoms with Gasteiger partial charge >= 0.3 is 5.97 Å². The Balaban J connectivity index is 1.98. The van der Waals surface area contributed by atoms with E-state index in [1.165, 1.54) is 6.20 Å². The summed E-state index contributed by atoms with van der Waals surface area (Å²) in [6, 6.07) is 3.44. The molecule has 17 heavy (non-hydrogen) atoms. The van der Waals surface area contributed by atoms with Crippen molar-refractivity contribution in [2.24, 2.45) is 5.92 Å². The van der Waals surface area contributed by atoms with Crippen LogP contribution in [0.5, 0.6) is 0 Å². The molecule has 0 atom stereocenters. The molecule has 1 N–H and O–H groups in total. The van der Waals surface area contributed by atoms with Crippen LogP contribution in [0, 0.1) is 5.92 Å². The number of carboxylic acid groups (broad SMARTS) is 1. The molecule has 5 heteroatoms. The Kier molecular flexibility index (Phi) is 3.37. The zero-order valence-corrected chi connectivity index (χ0v) is 9.37. The zero-order valence-electron chi connectivity index (χ0n) is 9.37. The van der Waals surface area contributed by atoms with Gasteiger partial charge < -0.3 is 10.0 Å². The molecular formula is C12H14N2O3. The minimum Gasteiger partial charge on any atom is -0.481 e. The number of piperidine rings is 1. The van der Waals surface area contributed by atoms with Crippen molar-refractivity contribution in [3.05, 3.63) is 30.1 Å². The van der Waals surface area contributed by atoms with Crippen LogP contribution in [0.25, 0.3) is 0 Å². The highest BCUT2D eigenvalue weighted by atomic mass is 16.4. The largest absolute Gasteiger partial charge is 0.481 e. The molecule has 0 bridgehead atoms. The van der Waals surface area contributed by atoms with E-state index < -0.39 is 5.97 Å². The summed E-state index contributed by atoms with van der Waals surface area (Å²) in [5.41, 5.74) is 0.557. The van der Waals surface area contributed by atoms with Gasteiger partial charge in [-0.3, -0.25) is 14.6 Å². The Morgan fingerprint density at radius 2 is 2.06 bits per heavy atom. The van der Waals surface area contributed by atoms with Gasteiger partial charge in [-0.15, -0.1) is 0 Å². The van der Waals surface area contributed by atoms with E-state index in [-0.39, 0.29) is 11.8 Å². The third-order valence-electron chi connectivity index (χ3n) is 3.04. The highest BCUT2D eigenvalue weighted by molar-refractivity contribution is 5.94. The number of aromatic nitrogens is 1. The van der Waals surface area contributed by atoms with Gasteiger partial charge in [-0.25, -0.2) is 0 Å². The van der Waals surface area contributed by atoms with Crippen molar-refractivity contribution < 1.29 is 14.7 Å². The van der Waals surface area contributed by atoms with Gasteiger partial charge in [0.25, 0.3) is 5.91 Å². The van der Waals surface area contributed by atoms with Crippen LogP contribution in [-0.2, 0) is 4.79 Å². The van der Waals surface area contributed by atoms with Gasteiger partial charge in [0, 0.05) is 25.5 Å². The number of pyridine rings is 1. The lowest BCUT2D eigenvalue weighted by atomic mass is 9.97. The number of carbonyl (C=O) groups excluding carboxylic acids is 1. The first-order valence-electron chi connectivity index (χ1n) is 5.60. The average Bonchev–Trinajstić information content (AvgIpc) is 2.39. The van der Waals surface area contributed by atoms with Crippen LogP contribution < -0.4 is 0 Å². The van der Waals surface area contributed by atoms with Crippen molar-refractivity contribution >= 4 is 11.9 Å². The first-order valence-corrected chi connectivity index (χ1v) is 5.60. The van der Waals surface area contributed by atoms with Crippen LogP contribution in [0.1, 0.15) is 23.2 Å². The molecule has 1 fully saturated rings. The quantitative estimate of drug-likeness (QED) is 0.829. The molecule has 1 saturated heterocycles. The molecule has 2 rings (SSSR count). The van der Waals surface area contributed by atoms with Gasteiger partial charge in [0.1, 0.15) is 0 Å². The van der Waals surface area contributed by atoms with Crippen molar-refractivity contribution in [1.29, 1.82) is 0 Å².